The van der Waals surface area contributed by atoms with Gasteiger partial charge < -0.3 is 4.57 Å². The summed E-state index contributed by atoms with van der Waals surface area (Å²) in [6, 6.07) is 6.11. The lowest BCUT2D eigenvalue weighted by atomic mass is 9.87. The van der Waals surface area contributed by atoms with E-state index in [-0.39, 0.29) is 5.41 Å². The van der Waals surface area contributed by atoms with Crippen LogP contribution in [0.2, 0.25) is 0 Å². The van der Waals surface area contributed by atoms with Crippen LogP contribution in [0.4, 0.5) is 0 Å². The van der Waals surface area contributed by atoms with Crippen molar-refractivity contribution in [1.29, 1.82) is 0 Å². The van der Waals surface area contributed by atoms with Gasteiger partial charge in [-0.2, -0.15) is 0 Å². The molecule has 0 spiro atoms. The summed E-state index contributed by atoms with van der Waals surface area (Å²) in [4.78, 5) is 0. The molecule has 1 aromatic rings. The molecule has 0 N–H and O–H groups in total. The second kappa shape index (κ2) is 4.07. The number of benzene rings is 1. The Balaban J connectivity index is 3.36. The Bertz CT molecular complexity index is 412. The highest BCUT2D eigenvalue weighted by molar-refractivity contribution is 9.10. The van der Waals surface area contributed by atoms with Gasteiger partial charge in [-0.25, -0.2) is 0 Å². The highest BCUT2D eigenvalue weighted by Crippen LogP contribution is 2.37. The zero-order valence-electron chi connectivity index (χ0n) is 9.97. The monoisotopic (exact) mass is 288 g/mol. The first-order chi connectivity index (χ1) is 6.60. The molecule has 0 aromatic heterocycles. The van der Waals surface area contributed by atoms with Gasteiger partial charge in [0.2, 0.25) is 0 Å². The van der Waals surface area contributed by atoms with Crippen LogP contribution < -0.4 is 5.30 Å². The molecule has 0 fully saturated rings. The molecule has 1 nitrogen and oxygen atoms in total. The summed E-state index contributed by atoms with van der Waals surface area (Å²) in [6.07, 6.45) is 0. The van der Waals surface area contributed by atoms with Gasteiger partial charge in [0, 0.05) is 9.78 Å². The van der Waals surface area contributed by atoms with Crippen molar-refractivity contribution >= 4 is 28.4 Å². The lowest BCUT2D eigenvalue weighted by molar-refractivity contribution is 0.586. The van der Waals surface area contributed by atoms with Gasteiger partial charge in [0.05, 0.1) is 0 Å². The summed E-state index contributed by atoms with van der Waals surface area (Å²) in [7, 11) is -2.17. The van der Waals surface area contributed by atoms with Crippen LogP contribution >= 0.6 is 23.1 Å². The van der Waals surface area contributed by atoms with Crippen LogP contribution in [0.1, 0.15) is 26.3 Å². The fourth-order valence-corrected chi connectivity index (χ4v) is 2.89. The van der Waals surface area contributed by atoms with E-state index in [0.29, 0.717) is 0 Å². The van der Waals surface area contributed by atoms with E-state index in [9.17, 15) is 4.57 Å². The summed E-state index contributed by atoms with van der Waals surface area (Å²) in [5.41, 5.74) is 1.31. The Kier molecular flexibility index (Phi) is 3.52. The van der Waals surface area contributed by atoms with E-state index in [4.69, 9.17) is 0 Å². The first kappa shape index (κ1) is 13.0. The van der Waals surface area contributed by atoms with Gasteiger partial charge in [-0.1, -0.05) is 36.7 Å². The van der Waals surface area contributed by atoms with E-state index in [0.717, 1.165) is 9.78 Å². The molecule has 0 aliphatic carbocycles. The predicted octanol–water partition coefficient (Wildman–Crippen LogP) is 3.99. The fraction of sp³-hybridized carbons (Fsp3) is 0.500. The third kappa shape index (κ3) is 3.46. The number of hydrogen-bond donors (Lipinski definition) is 0. The molecule has 84 valence electrons. The molecule has 1 rings (SSSR count). The maximum absolute atomic E-state index is 12.0. The van der Waals surface area contributed by atoms with Crippen molar-refractivity contribution in [2.24, 2.45) is 0 Å². The van der Waals surface area contributed by atoms with E-state index >= 15 is 0 Å². The highest BCUT2D eigenvalue weighted by Gasteiger charge is 2.18. The highest BCUT2D eigenvalue weighted by atomic mass is 79.9. The van der Waals surface area contributed by atoms with Gasteiger partial charge in [0.1, 0.15) is 7.14 Å². The third-order valence-corrected chi connectivity index (χ3v) is 4.33. The van der Waals surface area contributed by atoms with Gasteiger partial charge in [-0.15, -0.1) is 0 Å². The first-order valence-corrected chi connectivity index (χ1v) is 8.37. The molecular weight excluding hydrogens is 271 g/mol. The molecular formula is C12H18BrOP. The normalized spacial score (nSPS) is 12.9. The number of halogens is 1. The summed E-state index contributed by atoms with van der Waals surface area (Å²) < 4.78 is 13.0. The molecule has 0 radical (unpaired) electrons. The summed E-state index contributed by atoms with van der Waals surface area (Å²) in [5.74, 6) is 0. The maximum atomic E-state index is 12.0. The molecule has 0 aliphatic rings. The molecule has 3 heteroatoms. The van der Waals surface area contributed by atoms with Crippen LogP contribution in [0.3, 0.4) is 0 Å². The number of hydrogen-bond acceptors (Lipinski definition) is 1. The SMILES string of the molecule is CC(C)(C)c1cc(Br)cc(P(C)(C)=O)c1. The van der Waals surface area contributed by atoms with Crippen molar-refractivity contribution < 1.29 is 4.57 Å². The molecule has 0 saturated heterocycles. The summed E-state index contributed by atoms with van der Waals surface area (Å²) in [5, 5.41) is 0.946. The van der Waals surface area contributed by atoms with Gasteiger partial charge in [0.25, 0.3) is 0 Å². The topological polar surface area (TPSA) is 17.1 Å². The van der Waals surface area contributed by atoms with Gasteiger partial charge >= 0.3 is 0 Å². The van der Waals surface area contributed by atoms with E-state index in [2.05, 4.69) is 48.8 Å². The second-order valence-corrected chi connectivity index (χ2v) is 9.43. The minimum absolute atomic E-state index is 0.0910. The molecule has 0 aliphatic heterocycles. The van der Waals surface area contributed by atoms with Crippen LogP contribution in [0.25, 0.3) is 0 Å². The van der Waals surface area contributed by atoms with Crippen molar-refractivity contribution in [1.82, 2.24) is 0 Å². The smallest absolute Gasteiger partial charge is 0.109 e. The average Bonchev–Trinajstić information content (AvgIpc) is 1.99. The minimum Gasteiger partial charge on any atom is -0.319 e. The molecule has 0 heterocycles. The van der Waals surface area contributed by atoms with Crippen LogP contribution in [0, 0.1) is 0 Å². The Morgan fingerprint density at radius 1 is 1.13 bits per heavy atom. The first-order valence-electron chi connectivity index (χ1n) is 4.97. The van der Waals surface area contributed by atoms with E-state index < -0.39 is 7.14 Å². The van der Waals surface area contributed by atoms with Crippen LogP contribution in [0.15, 0.2) is 22.7 Å². The van der Waals surface area contributed by atoms with E-state index in [1.54, 1.807) is 13.3 Å². The van der Waals surface area contributed by atoms with Crippen molar-refractivity contribution in [2.45, 2.75) is 26.2 Å². The van der Waals surface area contributed by atoms with Gasteiger partial charge in [-0.05, 0) is 42.5 Å². The zero-order chi connectivity index (χ0) is 11.9. The Morgan fingerprint density at radius 3 is 2.07 bits per heavy atom. The molecule has 0 saturated carbocycles. The summed E-state index contributed by atoms with van der Waals surface area (Å²) in [6.45, 7) is 10.1. The van der Waals surface area contributed by atoms with Crippen LogP contribution in [-0.2, 0) is 9.98 Å². The predicted molar refractivity (Wildman–Crippen MR) is 71.9 cm³/mol. The third-order valence-electron chi connectivity index (χ3n) is 2.37. The van der Waals surface area contributed by atoms with Crippen molar-refractivity contribution in [3.8, 4) is 0 Å². The Morgan fingerprint density at radius 2 is 1.67 bits per heavy atom. The molecule has 0 bridgehead atoms. The second-order valence-electron chi connectivity index (χ2n) is 5.30. The lowest BCUT2D eigenvalue weighted by Crippen LogP contribution is -2.15. The Labute approximate surface area is 101 Å². The van der Waals surface area contributed by atoms with E-state index in [1.807, 2.05) is 6.07 Å². The van der Waals surface area contributed by atoms with Crippen molar-refractivity contribution in [2.75, 3.05) is 13.3 Å². The molecule has 15 heavy (non-hydrogen) atoms. The van der Waals surface area contributed by atoms with Gasteiger partial charge in [-0.3, -0.25) is 0 Å². The standard InChI is InChI=1S/C12H18BrOP/c1-12(2,3)9-6-10(13)8-11(7-9)15(4,5)14/h6-8H,1-5H3. The summed E-state index contributed by atoms with van der Waals surface area (Å²) >= 11 is 3.48. The van der Waals surface area contributed by atoms with E-state index in [1.165, 1.54) is 5.56 Å². The van der Waals surface area contributed by atoms with Crippen LogP contribution in [0.5, 0.6) is 0 Å². The molecule has 0 atom stereocenters. The maximum Gasteiger partial charge on any atom is 0.109 e. The van der Waals surface area contributed by atoms with Crippen molar-refractivity contribution in [3.05, 3.63) is 28.2 Å². The average molecular weight is 289 g/mol. The molecule has 0 unspecified atom stereocenters. The number of rotatable bonds is 1. The quantitative estimate of drug-likeness (QED) is 0.714. The molecule has 1 aromatic carbocycles. The largest absolute Gasteiger partial charge is 0.319 e. The minimum atomic E-state index is -2.17. The fourth-order valence-electron chi connectivity index (χ4n) is 1.32. The zero-order valence-corrected chi connectivity index (χ0v) is 12.4. The van der Waals surface area contributed by atoms with Gasteiger partial charge in [0.15, 0.2) is 0 Å². The lowest BCUT2D eigenvalue weighted by Gasteiger charge is -2.21. The van der Waals surface area contributed by atoms with Crippen molar-refractivity contribution in [3.63, 3.8) is 0 Å². The van der Waals surface area contributed by atoms with Crippen LogP contribution in [-0.4, -0.2) is 13.3 Å². The Hall–Kier alpha value is -0.0700. The molecule has 0 amide bonds.